The van der Waals surface area contributed by atoms with E-state index in [1.807, 2.05) is 0 Å². The lowest BCUT2D eigenvalue weighted by Gasteiger charge is -2.39. The van der Waals surface area contributed by atoms with Crippen molar-refractivity contribution in [1.29, 1.82) is 0 Å². The Morgan fingerprint density at radius 2 is 1.91 bits per heavy atom. The van der Waals surface area contributed by atoms with Crippen molar-refractivity contribution in [1.82, 2.24) is 15.5 Å². The largest absolute Gasteiger partial charge is 0.550 e. The van der Waals surface area contributed by atoms with Crippen molar-refractivity contribution >= 4 is 35.5 Å². The molecule has 1 heterocycles. The highest BCUT2D eigenvalue weighted by Crippen LogP contribution is 2.21. The van der Waals surface area contributed by atoms with Gasteiger partial charge in [-0.1, -0.05) is 19.9 Å². The summed E-state index contributed by atoms with van der Waals surface area (Å²) >= 11 is 0. The highest BCUT2D eigenvalue weighted by Gasteiger charge is 2.38. The number of carboxylic acid groups (broad SMARTS) is 1. The van der Waals surface area contributed by atoms with Crippen LogP contribution < -0.4 is 21.1 Å². The summed E-state index contributed by atoms with van der Waals surface area (Å²) in [5.41, 5.74) is 0.240. The van der Waals surface area contributed by atoms with Crippen LogP contribution in [0.5, 0.6) is 0 Å². The van der Waals surface area contributed by atoms with Gasteiger partial charge in [-0.3, -0.25) is 9.59 Å². The van der Waals surface area contributed by atoms with E-state index in [1.54, 1.807) is 13.8 Å². The van der Waals surface area contributed by atoms with Crippen molar-refractivity contribution in [2.24, 2.45) is 5.92 Å². The van der Waals surface area contributed by atoms with Crippen LogP contribution in [0.1, 0.15) is 39.5 Å². The van der Waals surface area contributed by atoms with Crippen LogP contribution >= 0.6 is 0 Å². The number of carboxylic acids is 1. The summed E-state index contributed by atoms with van der Waals surface area (Å²) in [5, 5.41) is 18.6. The van der Waals surface area contributed by atoms with Crippen molar-refractivity contribution in [3.05, 3.63) is 30.1 Å². The molecule has 0 spiro atoms. The quantitative estimate of drug-likeness (QED) is 0.413. The number of anilines is 1. The number of piperidine rings is 1. The Balaban J connectivity index is 2.14. The molecule has 1 aliphatic rings. The number of hydrogen-bond acceptors (Lipinski definition) is 7. The number of aliphatic carboxylic acids is 1. The monoisotopic (exact) mass is 493 g/mol. The maximum atomic E-state index is 13.4. The van der Waals surface area contributed by atoms with Crippen LogP contribution in [0, 0.1) is 11.7 Å². The molecule has 0 radical (unpaired) electrons. The SMILES string of the molecule is COC(=O)[C@H](NC(=O)[C@@H]1C[C@@H](NC(=O)Nc2cccc(F)c2)CCN1C(=O)CCC(=O)[O-])C(C)C. The van der Waals surface area contributed by atoms with Gasteiger partial charge in [0.15, 0.2) is 0 Å². The number of rotatable bonds is 9. The number of carbonyl (C=O) groups is 5. The third-order valence-corrected chi connectivity index (χ3v) is 5.61. The van der Waals surface area contributed by atoms with Gasteiger partial charge in [0.1, 0.15) is 17.9 Å². The third-order valence-electron chi connectivity index (χ3n) is 5.61. The Hall–Kier alpha value is -3.70. The molecular formula is C23H30FN4O7-. The van der Waals surface area contributed by atoms with Gasteiger partial charge in [0.25, 0.3) is 0 Å². The first-order chi connectivity index (χ1) is 16.5. The molecule has 35 heavy (non-hydrogen) atoms. The van der Waals surface area contributed by atoms with Gasteiger partial charge in [-0.15, -0.1) is 0 Å². The first-order valence-corrected chi connectivity index (χ1v) is 11.2. The van der Waals surface area contributed by atoms with Crippen LogP contribution in [-0.4, -0.2) is 66.5 Å². The van der Waals surface area contributed by atoms with Gasteiger partial charge in [-0.25, -0.2) is 14.0 Å². The smallest absolute Gasteiger partial charge is 0.328 e. The average Bonchev–Trinajstić information content (AvgIpc) is 2.79. The fourth-order valence-electron chi connectivity index (χ4n) is 3.79. The first-order valence-electron chi connectivity index (χ1n) is 11.2. The molecule has 0 saturated carbocycles. The molecule has 1 aromatic carbocycles. The molecule has 3 N–H and O–H groups in total. The number of nitrogens with zero attached hydrogens (tertiary/aromatic N) is 1. The zero-order valence-electron chi connectivity index (χ0n) is 19.8. The molecule has 0 aliphatic carbocycles. The van der Waals surface area contributed by atoms with Crippen LogP contribution in [0.2, 0.25) is 0 Å². The van der Waals surface area contributed by atoms with Crippen LogP contribution in [0.3, 0.4) is 0 Å². The molecule has 0 bridgehead atoms. The fraction of sp³-hybridized carbons (Fsp3) is 0.522. The molecule has 11 nitrogen and oxygen atoms in total. The van der Waals surface area contributed by atoms with Gasteiger partial charge in [0.05, 0.1) is 7.11 Å². The molecule has 192 valence electrons. The lowest BCUT2D eigenvalue weighted by atomic mass is 9.94. The van der Waals surface area contributed by atoms with Gasteiger partial charge in [0, 0.05) is 30.7 Å². The molecule has 0 aromatic heterocycles. The number of carbonyl (C=O) groups excluding carboxylic acids is 5. The zero-order chi connectivity index (χ0) is 26.1. The predicted molar refractivity (Wildman–Crippen MR) is 120 cm³/mol. The molecular weight excluding hydrogens is 463 g/mol. The van der Waals surface area contributed by atoms with Gasteiger partial charge >= 0.3 is 12.0 Å². The fourth-order valence-corrected chi connectivity index (χ4v) is 3.79. The number of methoxy groups -OCH3 is 1. The second-order valence-corrected chi connectivity index (χ2v) is 8.56. The van der Waals surface area contributed by atoms with E-state index in [2.05, 4.69) is 16.0 Å². The Morgan fingerprint density at radius 1 is 1.20 bits per heavy atom. The van der Waals surface area contributed by atoms with Crippen molar-refractivity contribution in [3.8, 4) is 0 Å². The minimum Gasteiger partial charge on any atom is -0.550 e. The number of likely N-dealkylation sites (tertiary alicyclic amines) is 1. The van der Waals surface area contributed by atoms with Gasteiger partial charge < -0.3 is 35.5 Å². The van der Waals surface area contributed by atoms with Crippen molar-refractivity contribution in [2.75, 3.05) is 19.0 Å². The van der Waals surface area contributed by atoms with E-state index < -0.39 is 60.1 Å². The molecule has 4 amide bonds. The number of esters is 1. The number of amides is 4. The maximum Gasteiger partial charge on any atom is 0.328 e. The number of urea groups is 1. The van der Waals surface area contributed by atoms with Crippen molar-refractivity contribution < 1.29 is 38.2 Å². The van der Waals surface area contributed by atoms with Gasteiger partial charge in [-0.05, 0) is 43.4 Å². The topological polar surface area (TPSA) is 157 Å². The summed E-state index contributed by atoms with van der Waals surface area (Å²) in [7, 11) is 1.19. The van der Waals surface area contributed by atoms with E-state index in [4.69, 9.17) is 4.74 Å². The standard InChI is InChI=1S/C23H31FN4O7/c1-13(2)20(22(33)35-3)27-21(32)17-12-16(9-10-28(17)18(29)7-8-19(30)31)26-23(34)25-15-6-4-5-14(24)11-15/h4-6,11,13,16-17,20H,7-10,12H2,1-3H3,(H,27,32)(H,30,31)(H2,25,26,34)/p-1/t16-,17-,20+/m0/s1. The van der Waals surface area contributed by atoms with E-state index in [-0.39, 0.29) is 31.0 Å². The Bertz CT molecular complexity index is 956. The molecule has 2 rings (SSSR count). The summed E-state index contributed by atoms with van der Waals surface area (Å²) in [6.07, 6.45) is -0.541. The summed E-state index contributed by atoms with van der Waals surface area (Å²) in [5.74, 6) is -4.06. The van der Waals surface area contributed by atoms with Gasteiger partial charge in [0.2, 0.25) is 11.8 Å². The minimum absolute atomic E-state index is 0.0193. The molecule has 1 aromatic rings. The van der Waals surface area contributed by atoms with Crippen LogP contribution in [-0.2, 0) is 23.9 Å². The number of hydrogen-bond donors (Lipinski definition) is 3. The molecule has 3 atom stereocenters. The van der Waals surface area contributed by atoms with E-state index >= 15 is 0 Å². The third kappa shape index (κ3) is 8.23. The second kappa shape index (κ2) is 12.7. The second-order valence-electron chi connectivity index (χ2n) is 8.56. The lowest BCUT2D eigenvalue weighted by molar-refractivity contribution is -0.305. The highest BCUT2D eigenvalue weighted by molar-refractivity contribution is 5.92. The minimum atomic E-state index is -1.39. The van der Waals surface area contributed by atoms with Crippen molar-refractivity contribution in [2.45, 2.75) is 57.7 Å². The van der Waals surface area contributed by atoms with Crippen LogP contribution in [0.15, 0.2) is 24.3 Å². The molecule has 0 unspecified atom stereocenters. The first kappa shape index (κ1) is 27.5. The number of ether oxygens (including phenoxy) is 1. The van der Waals surface area contributed by atoms with E-state index in [1.165, 1.54) is 30.2 Å². The Kier molecular flexibility index (Phi) is 9.98. The summed E-state index contributed by atoms with van der Waals surface area (Å²) < 4.78 is 18.1. The van der Waals surface area contributed by atoms with E-state index in [0.717, 1.165) is 6.07 Å². The summed E-state index contributed by atoms with van der Waals surface area (Å²) in [4.78, 5) is 62.3. The average molecular weight is 494 g/mol. The zero-order valence-corrected chi connectivity index (χ0v) is 19.8. The molecule has 1 saturated heterocycles. The van der Waals surface area contributed by atoms with E-state index in [0.29, 0.717) is 6.42 Å². The van der Waals surface area contributed by atoms with Crippen LogP contribution in [0.25, 0.3) is 0 Å². The molecule has 1 aliphatic heterocycles. The van der Waals surface area contributed by atoms with Crippen LogP contribution in [0.4, 0.5) is 14.9 Å². The maximum absolute atomic E-state index is 13.4. The number of halogens is 1. The number of benzene rings is 1. The summed E-state index contributed by atoms with van der Waals surface area (Å²) in [6, 6.07) is 2.16. The Labute approximate surface area is 202 Å². The predicted octanol–water partition coefficient (Wildman–Crippen LogP) is 0.151. The number of nitrogens with one attached hydrogen (secondary N) is 3. The molecule has 12 heteroatoms. The van der Waals surface area contributed by atoms with E-state index in [9.17, 15) is 33.5 Å². The highest BCUT2D eigenvalue weighted by atomic mass is 19.1. The summed E-state index contributed by atoms with van der Waals surface area (Å²) in [6.45, 7) is 3.50. The molecule has 1 fully saturated rings. The normalized spacial score (nSPS) is 18.4. The van der Waals surface area contributed by atoms with Crippen molar-refractivity contribution in [3.63, 3.8) is 0 Å². The van der Waals surface area contributed by atoms with Gasteiger partial charge in [-0.2, -0.15) is 0 Å². The lowest BCUT2D eigenvalue weighted by Crippen LogP contribution is -2.60. The Morgan fingerprint density at radius 3 is 2.51 bits per heavy atom.